The van der Waals surface area contributed by atoms with E-state index in [1.54, 1.807) is 0 Å². The summed E-state index contributed by atoms with van der Waals surface area (Å²) in [5.74, 6) is 0.847. The van der Waals surface area contributed by atoms with Gasteiger partial charge in [-0.2, -0.15) is 0 Å². The van der Waals surface area contributed by atoms with Crippen LogP contribution < -0.4 is 0 Å². The molecule has 1 N–H and O–H groups in total. The van der Waals surface area contributed by atoms with Crippen LogP contribution in [0, 0.1) is 5.92 Å². The molecule has 0 aliphatic heterocycles. The molecule has 0 heterocycles. The largest absolute Gasteiger partial charge is 0.393 e. The van der Waals surface area contributed by atoms with E-state index < -0.39 is 0 Å². The van der Waals surface area contributed by atoms with Crippen LogP contribution in [0.3, 0.4) is 0 Å². The average molecular weight is 242 g/mol. The number of unbranched alkanes of at least 4 members (excludes halogenated alkanes) is 4. The van der Waals surface area contributed by atoms with Crippen LogP contribution in [0.4, 0.5) is 0 Å². The maximum absolute atomic E-state index is 9.92. The van der Waals surface area contributed by atoms with Crippen molar-refractivity contribution in [3.8, 4) is 0 Å². The molecule has 0 fully saturated rings. The summed E-state index contributed by atoms with van der Waals surface area (Å²) >= 11 is 0. The van der Waals surface area contributed by atoms with Crippen molar-refractivity contribution in [1.82, 2.24) is 0 Å². The minimum atomic E-state index is -0.0393. The van der Waals surface area contributed by atoms with Crippen LogP contribution in [0.15, 0.2) is 0 Å². The van der Waals surface area contributed by atoms with Gasteiger partial charge in [-0.15, -0.1) is 0 Å². The van der Waals surface area contributed by atoms with E-state index in [-0.39, 0.29) is 6.10 Å². The van der Waals surface area contributed by atoms with E-state index in [0.29, 0.717) is 0 Å². The number of hydrogen-bond donors (Lipinski definition) is 1. The van der Waals surface area contributed by atoms with Crippen LogP contribution in [-0.4, -0.2) is 11.2 Å². The second kappa shape index (κ2) is 12.4. The molecule has 0 bridgehead atoms. The summed E-state index contributed by atoms with van der Waals surface area (Å²) in [6.45, 7) is 6.78. The molecule has 0 aliphatic rings. The molecule has 1 nitrogen and oxygen atoms in total. The molecule has 0 saturated heterocycles. The van der Waals surface area contributed by atoms with Gasteiger partial charge in [0.1, 0.15) is 0 Å². The van der Waals surface area contributed by atoms with Crippen LogP contribution in [0.25, 0.3) is 0 Å². The maximum atomic E-state index is 9.92. The molecule has 0 aromatic heterocycles. The highest BCUT2D eigenvalue weighted by Gasteiger charge is 2.09. The minimum absolute atomic E-state index is 0.0393. The van der Waals surface area contributed by atoms with Gasteiger partial charge < -0.3 is 5.11 Å². The zero-order valence-corrected chi connectivity index (χ0v) is 12.4. The third kappa shape index (κ3) is 10.8. The van der Waals surface area contributed by atoms with Crippen LogP contribution in [0.1, 0.15) is 91.4 Å². The predicted octanol–water partition coefficient (Wildman–Crippen LogP) is 5.31. The molecule has 2 atom stereocenters. The maximum Gasteiger partial charge on any atom is 0.0540 e. The molecule has 0 amide bonds. The monoisotopic (exact) mass is 242 g/mol. The Morgan fingerprint density at radius 2 is 1.41 bits per heavy atom. The van der Waals surface area contributed by atoms with Crippen LogP contribution in [0.5, 0.6) is 0 Å². The first-order valence-electron chi connectivity index (χ1n) is 7.92. The normalized spacial score (nSPS) is 14.8. The summed E-state index contributed by atoms with van der Waals surface area (Å²) in [7, 11) is 0. The fourth-order valence-electron chi connectivity index (χ4n) is 2.42. The highest BCUT2D eigenvalue weighted by atomic mass is 16.3. The summed E-state index contributed by atoms with van der Waals surface area (Å²) in [5.41, 5.74) is 0. The summed E-state index contributed by atoms with van der Waals surface area (Å²) in [4.78, 5) is 0. The van der Waals surface area contributed by atoms with Gasteiger partial charge in [0, 0.05) is 0 Å². The van der Waals surface area contributed by atoms with Crippen molar-refractivity contribution in [3.63, 3.8) is 0 Å². The van der Waals surface area contributed by atoms with Crippen molar-refractivity contribution in [2.24, 2.45) is 5.92 Å². The van der Waals surface area contributed by atoms with Crippen molar-refractivity contribution >= 4 is 0 Å². The summed E-state index contributed by atoms with van der Waals surface area (Å²) in [6, 6.07) is 0. The van der Waals surface area contributed by atoms with Gasteiger partial charge >= 0.3 is 0 Å². The molecule has 2 unspecified atom stereocenters. The van der Waals surface area contributed by atoms with Crippen LogP contribution in [0.2, 0.25) is 0 Å². The lowest BCUT2D eigenvalue weighted by Gasteiger charge is -2.17. The van der Waals surface area contributed by atoms with Crippen LogP contribution >= 0.6 is 0 Å². The molecule has 0 aromatic carbocycles. The molecule has 104 valence electrons. The van der Waals surface area contributed by atoms with E-state index in [9.17, 15) is 5.11 Å². The SMILES string of the molecule is CCCCCCC(O)CCC(CC)CCCC. The number of rotatable bonds is 12. The molecule has 0 saturated carbocycles. The zero-order chi connectivity index (χ0) is 12.9. The Morgan fingerprint density at radius 3 is 2.00 bits per heavy atom. The smallest absolute Gasteiger partial charge is 0.0540 e. The fourth-order valence-corrected chi connectivity index (χ4v) is 2.42. The Balaban J connectivity index is 3.48. The molecular formula is C16H34O. The number of aliphatic hydroxyl groups is 1. The second-order valence-corrected chi connectivity index (χ2v) is 5.50. The molecule has 0 rings (SSSR count). The fraction of sp³-hybridized carbons (Fsp3) is 1.00. The van der Waals surface area contributed by atoms with E-state index in [1.807, 2.05) is 0 Å². The van der Waals surface area contributed by atoms with Crippen molar-refractivity contribution < 1.29 is 5.11 Å². The highest BCUT2D eigenvalue weighted by Crippen LogP contribution is 2.20. The quantitative estimate of drug-likeness (QED) is 0.460. The minimum Gasteiger partial charge on any atom is -0.393 e. The van der Waals surface area contributed by atoms with Crippen molar-refractivity contribution in [3.05, 3.63) is 0 Å². The topological polar surface area (TPSA) is 20.2 Å². The summed E-state index contributed by atoms with van der Waals surface area (Å²) in [5, 5.41) is 9.92. The Morgan fingerprint density at radius 1 is 0.706 bits per heavy atom. The number of hydrogen-bond acceptors (Lipinski definition) is 1. The van der Waals surface area contributed by atoms with Gasteiger partial charge in [0.25, 0.3) is 0 Å². The molecular weight excluding hydrogens is 208 g/mol. The Labute approximate surface area is 109 Å². The third-order valence-electron chi connectivity index (χ3n) is 3.84. The second-order valence-electron chi connectivity index (χ2n) is 5.50. The Bertz CT molecular complexity index is 144. The van der Waals surface area contributed by atoms with Gasteiger partial charge in [-0.25, -0.2) is 0 Å². The van der Waals surface area contributed by atoms with Crippen molar-refractivity contribution in [2.45, 2.75) is 97.5 Å². The highest BCUT2D eigenvalue weighted by molar-refractivity contribution is 4.63. The van der Waals surface area contributed by atoms with Gasteiger partial charge in [-0.05, 0) is 25.2 Å². The molecule has 1 heteroatoms. The summed E-state index contributed by atoms with van der Waals surface area (Å²) < 4.78 is 0. The Hall–Kier alpha value is -0.0400. The standard InChI is InChI=1S/C16H34O/c1-4-7-9-10-12-16(17)14-13-15(6-3)11-8-5-2/h15-17H,4-14H2,1-3H3. The van der Waals surface area contributed by atoms with Crippen molar-refractivity contribution in [2.75, 3.05) is 0 Å². The number of aliphatic hydroxyl groups excluding tert-OH is 1. The van der Waals surface area contributed by atoms with Crippen molar-refractivity contribution in [1.29, 1.82) is 0 Å². The molecule has 0 radical (unpaired) electrons. The first kappa shape index (κ1) is 17.0. The van der Waals surface area contributed by atoms with Gasteiger partial charge in [-0.1, -0.05) is 72.1 Å². The third-order valence-corrected chi connectivity index (χ3v) is 3.84. The van der Waals surface area contributed by atoms with Crippen LogP contribution in [-0.2, 0) is 0 Å². The van der Waals surface area contributed by atoms with E-state index in [4.69, 9.17) is 0 Å². The molecule has 0 spiro atoms. The Kier molecular flexibility index (Phi) is 12.4. The van der Waals surface area contributed by atoms with Gasteiger partial charge in [-0.3, -0.25) is 0 Å². The zero-order valence-electron chi connectivity index (χ0n) is 12.4. The van der Waals surface area contributed by atoms with E-state index in [0.717, 1.165) is 18.8 Å². The average Bonchev–Trinajstić information content (AvgIpc) is 2.35. The van der Waals surface area contributed by atoms with E-state index in [2.05, 4.69) is 20.8 Å². The molecule has 17 heavy (non-hydrogen) atoms. The lowest BCUT2D eigenvalue weighted by Crippen LogP contribution is -2.10. The van der Waals surface area contributed by atoms with Gasteiger partial charge in [0.05, 0.1) is 6.10 Å². The summed E-state index contributed by atoms with van der Waals surface area (Å²) in [6.07, 6.45) is 13.6. The first-order valence-corrected chi connectivity index (χ1v) is 7.92. The lowest BCUT2D eigenvalue weighted by atomic mass is 9.92. The van der Waals surface area contributed by atoms with E-state index >= 15 is 0 Å². The van der Waals surface area contributed by atoms with Gasteiger partial charge in [0.2, 0.25) is 0 Å². The lowest BCUT2D eigenvalue weighted by molar-refractivity contribution is 0.140. The molecule has 0 aliphatic carbocycles. The predicted molar refractivity (Wildman–Crippen MR) is 77.3 cm³/mol. The van der Waals surface area contributed by atoms with Gasteiger partial charge in [0.15, 0.2) is 0 Å². The molecule has 0 aromatic rings. The van der Waals surface area contributed by atoms with E-state index in [1.165, 1.54) is 57.8 Å². The first-order chi connectivity index (χ1) is 8.24.